The molecule has 1 N–H and O–H groups in total. The van der Waals surface area contributed by atoms with Crippen LogP contribution in [-0.4, -0.2) is 33.4 Å². The Balaban J connectivity index is 1.56. The lowest BCUT2D eigenvalue weighted by atomic mass is 10.3. The normalized spacial score (nSPS) is 10.1. The van der Waals surface area contributed by atoms with E-state index in [1.54, 1.807) is 7.11 Å². The van der Waals surface area contributed by atoms with Gasteiger partial charge in [0.2, 0.25) is 0 Å². The summed E-state index contributed by atoms with van der Waals surface area (Å²) < 4.78 is 16.5. The molecule has 0 fully saturated rings. The average Bonchev–Trinajstić information content (AvgIpc) is 2.55. The van der Waals surface area contributed by atoms with E-state index in [2.05, 4.69) is 5.32 Å². The Hall–Kier alpha value is -2.20. The number of hydrogen-bond acceptors (Lipinski definition) is 4. The first-order chi connectivity index (χ1) is 10.4. The molecule has 2 aromatic rings. The summed E-state index contributed by atoms with van der Waals surface area (Å²) in [6.07, 6.45) is 0. The molecular formula is C17H21NO3. The van der Waals surface area contributed by atoms with E-state index in [1.165, 1.54) is 0 Å². The zero-order valence-corrected chi connectivity index (χ0v) is 12.2. The van der Waals surface area contributed by atoms with Crippen molar-refractivity contribution < 1.29 is 14.2 Å². The Kier molecular flexibility index (Phi) is 6.42. The highest BCUT2D eigenvalue weighted by atomic mass is 16.5. The van der Waals surface area contributed by atoms with Crippen LogP contribution in [0.1, 0.15) is 0 Å². The van der Waals surface area contributed by atoms with Crippen molar-refractivity contribution in [3.63, 3.8) is 0 Å². The first-order valence-corrected chi connectivity index (χ1v) is 7.04. The third-order valence-electron chi connectivity index (χ3n) is 2.90. The van der Waals surface area contributed by atoms with Gasteiger partial charge in [0.05, 0.1) is 7.11 Å². The maximum absolute atomic E-state index is 5.66. The van der Waals surface area contributed by atoms with E-state index in [0.29, 0.717) is 13.2 Å². The SMILES string of the molecule is COc1ccccc1OCCNCCOc1ccccc1. The number of methoxy groups -OCH3 is 1. The molecule has 4 heteroatoms. The summed E-state index contributed by atoms with van der Waals surface area (Å²) in [6, 6.07) is 17.4. The number of hydrogen-bond donors (Lipinski definition) is 1. The molecule has 0 unspecified atom stereocenters. The lowest BCUT2D eigenvalue weighted by Gasteiger charge is -2.11. The monoisotopic (exact) mass is 287 g/mol. The fourth-order valence-electron chi connectivity index (χ4n) is 1.85. The Bertz CT molecular complexity index is 516. The molecule has 0 saturated carbocycles. The number of para-hydroxylation sites is 3. The van der Waals surface area contributed by atoms with Gasteiger partial charge in [-0.25, -0.2) is 0 Å². The molecule has 0 heterocycles. The summed E-state index contributed by atoms with van der Waals surface area (Å²) in [7, 11) is 1.64. The van der Waals surface area contributed by atoms with E-state index in [4.69, 9.17) is 14.2 Å². The van der Waals surface area contributed by atoms with Crippen molar-refractivity contribution in [1.29, 1.82) is 0 Å². The second-order valence-electron chi connectivity index (χ2n) is 4.41. The van der Waals surface area contributed by atoms with Gasteiger partial charge in [-0.15, -0.1) is 0 Å². The molecule has 0 aromatic heterocycles. The zero-order chi connectivity index (χ0) is 14.8. The van der Waals surface area contributed by atoms with E-state index < -0.39 is 0 Å². The quantitative estimate of drug-likeness (QED) is 0.720. The molecule has 0 saturated heterocycles. The lowest BCUT2D eigenvalue weighted by Crippen LogP contribution is -2.25. The van der Waals surface area contributed by atoms with Gasteiger partial charge in [0, 0.05) is 13.1 Å². The highest BCUT2D eigenvalue weighted by molar-refractivity contribution is 5.39. The van der Waals surface area contributed by atoms with Crippen LogP contribution in [0.15, 0.2) is 54.6 Å². The summed E-state index contributed by atoms with van der Waals surface area (Å²) in [6.45, 7) is 2.77. The fraction of sp³-hybridized carbons (Fsp3) is 0.294. The van der Waals surface area contributed by atoms with Crippen molar-refractivity contribution in [2.24, 2.45) is 0 Å². The van der Waals surface area contributed by atoms with Crippen LogP contribution in [0.25, 0.3) is 0 Å². The van der Waals surface area contributed by atoms with Crippen LogP contribution in [0.4, 0.5) is 0 Å². The Morgan fingerprint density at radius 2 is 1.38 bits per heavy atom. The number of benzene rings is 2. The average molecular weight is 287 g/mol. The minimum Gasteiger partial charge on any atom is -0.493 e. The number of rotatable bonds is 9. The second-order valence-corrected chi connectivity index (χ2v) is 4.41. The van der Waals surface area contributed by atoms with Gasteiger partial charge in [-0.05, 0) is 24.3 Å². The summed E-state index contributed by atoms with van der Waals surface area (Å²) in [5.74, 6) is 2.41. The Morgan fingerprint density at radius 3 is 2.10 bits per heavy atom. The van der Waals surface area contributed by atoms with Gasteiger partial charge in [-0.2, -0.15) is 0 Å². The van der Waals surface area contributed by atoms with Crippen LogP contribution in [0.3, 0.4) is 0 Å². The van der Waals surface area contributed by atoms with Crippen LogP contribution in [-0.2, 0) is 0 Å². The fourth-order valence-corrected chi connectivity index (χ4v) is 1.85. The summed E-state index contributed by atoms with van der Waals surface area (Å²) in [5.41, 5.74) is 0. The van der Waals surface area contributed by atoms with Crippen molar-refractivity contribution in [2.45, 2.75) is 0 Å². The van der Waals surface area contributed by atoms with Gasteiger partial charge < -0.3 is 19.5 Å². The third-order valence-corrected chi connectivity index (χ3v) is 2.90. The summed E-state index contributed by atoms with van der Waals surface area (Å²) in [5, 5.41) is 3.27. The Morgan fingerprint density at radius 1 is 0.762 bits per heavy atom. The molecule has 0 radical (unpaired) electrons. The summed E-state index contributed by atoms with van der Waals surface area (Å²) >= 11 is 0. The largest absolute Gasteiger partial charge is 0.493 e. The molecule has 4 nitrogen and oxygen atoms in total. The highest BCUT2D eigenvalue weighted by Gasteiger charge is 2.01. The minimum atomic E-state index is 0.589. The van der Waals surface area contributed by atoms with E-state index in [0.717, 1.165) is 30.3 Å². The van der Waals surface area contributed by atoms with Crippen LogP contribution in [0.2, 0.25) is 0 Å². The predicted octanol–water partition coefficient (Wildman–Crippen LogP) is 2.74. The molecule has 112 valence electrons. The van der Waals surface area contributed by atoms with Crippen molar-refractivity contribution in [3.05, 3.63) is 54.6 Å². The van der Waals surface area contributed by atoms with E-state index in [9.17, 15) is 0 Å². The van der Waals surface area contributed by atoms with Crippen LogP contribution in [0.5, 0.6) is 17.2 Å². The Labute approximate surface area is 125 Å². The first kappa shape index (κ1) is 15.2. The van der Waals surface area contributed by atoms with Gasteiger partial charge in [-0.1, -0.05) is 30.3 Å². The molecule has 2 aromatic carbocycles. The van der Waals surface area contributed by atoms with Gasteiger partial charge in [0.25, 0.3) is 0 Å². The van der Waals surface area contributed by atoms with Gasteiger partial charge in [-0.3, -0.25) is 0 Å². The van der Waals surface area contributed by atoms with Crippen molar-refractivity contribution in [3.8, 4) is 17.2 Å². The zero-order valence-electron chi connectivity index (χ0n) is 12.2. The molecule has 0 aliphatic rings. The highest BCUT2D eigenvalue weighted by Crippen LogP contribution is 2.25. The van der Waals surface area contributed by atoms with Crippen molar-refractivity contribution in [1.82, 2.24) is 5.32 Å². The van der Waals surface area contributed by atoms with Crippen LogP contribution >= 0.6 is 0 Å². The third kappa shape index (κ3) is 5.36. The molecule has 21 heavy (non-hydrogen) atoms. The van der Waals surface area contributed by atoms with E-state index in [-0.39, 0.29) is 0 Å². The molecule has 0 bridgehead atoms. The smallest absolute Gasteiger partial charge is 0.161 e. The van der Waals surface area contributed by atoms with Gasteiger partial charge >= 0.3 is 0 Å². The van der Waals surface area contributed by atoms with E-state index >= 15 is 0 Å². The molecule has 0 aliphatic heterocycles. The lowest BCUT2D eigenvalue weighted by molar-refractivity contribution is 0.278. The van der Waals surface area contributed by atoms with Crippen LogP contribution in [0, 0.1) is 0 Å². The topological polar surface area (TPSA) is 39.7 Å². The first-order valence-electron chi connectivity index (χ1n) is 7.04. The van der Waals surface area contributed by atoms with Crippen LogP contribution < -0.4 is 19.5 Å². The minimum absolute atomic E-state index is 0.589. The molecule has 0 spiro atoms. The molecular weight excluding hydrogens is 266 g/mol. The summed E-state index contributed by atoms with van der Waals surface area (Å²) in [4.78, 5) is 0. The molecule has 0 aliphatic carbocycles. The molecule has 0 atom stereocenters. The molecule has 2 rings (SSSR count). The maximum atomic E-state index is 5.66. The second kappa shape index (κ2) is 8.87. The maximum Gasteiger partial charge on any atom is 0.161 e. The van der Waals surface area contributed by atoms with E-state index in [1.807, 2.05) is 54.6 Å². The molecule has 0 amide bonds. The standard InChI is InChI=1S/C17H21NO3/c1-19-16-9-5-6-10-17(16)21-14-12-18-11-13-20-15-7-3-2-4-8-15/h2-10,18H,11-14H2,1H3. The van der Waals surface area contributed by atoms with Gasteiger partial charge in [0.1, 0.15) is 19.0 Å². The predicted molar refractivity (Wildman–Crippen MR) is 83.3 cm³/mol. The van der Waals surface area contributed by atoms with Crippen molar-refractivity contribution in [2.75, 3.05) is 33.4 Å². The number of ether oxygens (including phenoxy) is 3. The van der Waals surface area contributed by atoms with Gasteiger partial charge in [0.15, 0.2) is 11.5 Å². The number of nitrogens with one attached hydrogen (secondary N) is 1. The van der Waals surface area contributed by atoms with Crippen molar-refractivity contribution >= 4 is 0 Å².